The number of nitrogens with zero attached hydrogens (tertiary/aromatic N) is 3. The average Bonchev–Trinajstić information content (AvgIpc) is 2.26. The minimum absolute atomic E-state index is 0.579. The fraction of sp³-hybridized carbons (Fsp3) is 0.714. The predicted molar refractivity (Wildman–Crippen MR) is 75.1 cm³/mol. The van der Waals surface area contributed by atoms with E-state index < -0.39 is 0 Å². The smallest absolute Gasteiger partial charge is 0.0401 e. The van der Waals surface area contributed by atoms with Gasteiger partial charge in [-0.3, -0.25) is 4.90 Å². The van der Waals surface area contributed by atoms with E-state index in [1.165, 1.54) is 0 Å². The van der Waals surface area contributed by atoms with E-state index in [9.17, 15) is 0 Å². The van der Waals surface area contributed by atoms with E-state index in [-0.39, 0.29) is 0 Å². The number of allylic oxidation sites excluding steroid dienone is 1. The third-order valence-corrected chi connectivity index (χ3v) is 3.41. The molecule has 1 rings (SSSR count). The normalized spacial score (nSPS) is 22.2. The summed E-state index contributed by atoms with van der Waals surface area (Å²) >= 11 is 0. The van der Waals surface area contributed by atoms with Crippen molar-refractivity contribution in [3.8, 4) is 0 Å². The first-order chi connectivity index (χ1) is 7.95. The Hall–Kier alpha value is -0.800. The van der Waals surface area contributed by atoms with Crippen molar-refractivity contribution in [1.82, 2.24) is 14.7 Å². The standard InChI is InChI=1S/C14H27N3/c1-7-13(4)16-8-9-17(12(2)3)14(11-16)10-15(5)6/h7,12,14H,1,4,8-11H2,2-3,5-6H3. The van der Waals surface area contributed by atoms with Gasteiger partial charge in [-0.25, -0.2) is 0 Å². The van der Waals surface area contributed by atoms with Crippen molar-refractivity contribution in [3.05, 3.63) is 24.9 Å². The number of likely N-dealkylation sites (N-methyl/N-ethyl adjacent to an activating group) is 1. The van der Waals surface area contributed by atoms with Crippen LogP contribution in [-0.2, 0) is 0 Å². The molecule has 0 aliphatic carbocycles. The van der Waals surface area contributed by atoms with Crippen LogP contribution < -0.4 is 0 Å². The molecule has 1 aliphatic rings. The van der Waals surface area contributed by atoms with Crippen molar-refractivity contribution in [2.24, 2.45) is 0 Å². The van der Waals surface area contributed by atoms with Crippen molar-refractivity contribution < 1.29 is 0 Å². The number of rotatable bonds is 5. The summed E-state index contributed by atoms with van der Waals surface area (Å²) in [5, 5.41) is 0. The van der Waals surface area contributed by atoms with Crippen LogP contribution in [-0.4, -0.2) is 67.1 Å². The maximum atomic E-state index is 4.06. The third kappa shape index (κ3) is 3.86. The van der Waals surface area contributed by atoms with E-state index in [0.717, 1.165) is 31.9 Å². The molecular formula is C14H27N3. The molecular weight excluding hydrogens is 210 g/mol. The van der Waals surface area contributed by atoms with Crippen LogP contribution in [0.4, 0.5) is 0 Å². The molecule has 1 fully saturated rings. The molecule has 0 saturated carbocycles. The summed E-state index contributed by atoms with van der Waals surface area (Å²) in [5.41, 5.74) is 1.05. The molecule has 0 aromatic heterocycles. The minimum Gasteiger partial charge on any atom is -0.369 e. The Balaban J connectivity index is 2.69. The van der Waals surface area contributed by atoms with Crippen LogP contribution in [0.25, 0.3) is 0 Å². The zero-order valence-corrected chi connectivity index (χ0v) is 11.8. The van der Waals surface area contributed by atoms with Gasteiger partial charge in [0.1, 0.15) is 0 Å². The summed E-state index contributed by atoms with van der Waals surface area (Å²) in [6.07, 6.45) is 1.86. The van der Waals surface area contributed by atoms with Gasteiger partial charge in [-0.1, -0.05) is 13.2 Å². The Labute approximate surface area is 106 Å². The Kier molecular flexibility index (Phi) is 5.22. The largest absolute Gasteiger partial charge is 0.369 e. The van der Waals surface area contributed by atoms with Crippen LogP contribution in [0.3, 0.4) is 0 Å². The van der Waals surface area contributed by atoms with Gasteiger partial charge in [-0.05, 0) is 34.0 Å². The van der Waals surface area contributed by atoms with Crippen LogP contribution in [0.1, 0.15) is 13.8 Å². The zero-order valence-electron chi connectivity index (χ0n) is 11.8. The van der Waals surface area contributed by atoms with Crippen molar-refractivity contribution in [2.75, 3.05) is 40.3 Å². The molecule has 1 saturated heterocycles. The van der Waals surface area contributed by atoms with Gasteiger partial charge in [-0.15, -0.1) is 0 Å². The van der Waals surface area contributed by atoms with Crippen molar-refractivity contribution in [2.45, 2.75) is 25.9 Å². The van der Waals surface area contributed by atoms with Gasteiger partial charge in [-0.2, -0.15) is 0 Å². The Morgan fingerprint density at radius 2 is 2.06 bits per heavy atom. The first-order valence-electron chi connectivity index (χ1n) is 6.42. The quantitative estimate of drug-likeness (QED) is 0.673. The number of piperazine rings is 1. The molecule has 1 atom stereocenters. The minimum atomic E-state index is 0.579. The lowest BCUT2D eigenvalue weighted by molar-refractivity contribution is 0.0548. The second kappa shape index (κ2) is 6.22. The molecule has 0 aromatic carbocycles. The SMILES string of the molecule is C=CC(=C)N1CCN(C(C)C)C(CN(C)C)C1. The van der Waals surface area contributed by atoms with E-state index in [1.807, 2.05) is 6.08 Å². The molecule has 1 aliphatic heterocycles. The molecule has 0 bridgehead atoms. The maximum absolute atomic E-state index is 4.06. The van der Waals surface area contributed by atoms with E-state index in [4.69, 9.17) is 0 Å². The molecule has 0 amide bonds. The second-order valence-electron chi connectivity index (χ2n) is 5.39. The fourth-order valence-corrected chi connectivity index (χ4v) is 2.52. The van der Waals surface area contributed by atoms with Gasteiger partial charge >= 0.3 is 0 Å². The van der Waals surface area contributed by atoms with Gasteiger partial charge in [0, 0.05) is 44.0 Å². The predicted octanol–water partition coefficient (Wildman–Crippen LogP) is 1.64. The summed E-state index contributed by atoms with van der Waals surface area (Å²) < 4.78 is 0. The van der Waals surface area contributed by atoms with E-state index in [0.29, 0.717) is 12.1 Å². The molecule has 98 valence electrons. The highest BCUT2D eigenvalue weighted by Crippen LogP contribution is 2.17. The Morgan fingerprint density at radius 3 is 2.53 bits per heavy atom. The number of hydrogen-bond acceptors (Lipinski definition) is 3. The van der Waals surface area contributed by atoms with Crippen LogP contribution in [0.5, 0.6) is 0 Å². The van der Waals surface area contributed by atoms with Crippen LogP contribution in [0, 0.1) is 0 Å². The third-order valence-electron chi connectivity index (χ3n) is 3.41. The van der Waals surface area contributed by atoms with Gasteiger partial charge in [0.05, 0.1) is 0 Å². The van der Waals surface area contributed by atoms with Crippen LogP contribution in [0.15, 0.2) is 24.9 Å². The van der Waals surface area contributed by atoms with Gasteiger partial charge < -0.3 is 9.80 Å². The molecule has 0 aromatic rings. The highest BCUT2D eigenvalue weighted by Gasteiger charge is 2.28. The topological polar surface area (TPSA) is 9.72 Å². The van der Waals surface area contributed by atoms with Crippen LogP contribution in [0.2, 0.25) is 0 Å². The molecule has 0 N–H and O–H groups in total. The molecule has 0 spiro atoms. The van der Waals surface area contributed by atoms with Crippen molar-refractivity contribution >= 4 is 0 Å². The molecule has 3 heteroatoms. The summed E-state index contributed by atoms with van der Waals surface area (Å²) in [6.45, 7) is 16.8. The molecule has 1 heterocycles. The molecule has 3 nitrogen and oxygen atoms in total. The zero-order chi connectivity index (χ0) is 13.0. The summed E-state index contributed by atoms with van der Waals surface area (Å²) in [7, 11) is 4.28. The van der Waals surface area contributed by atoms with Crippen LogP contribution >= 0.6 is 0 Å². The van der Waals surface area contributed by atoms with Gasteiger partial charge in [0.2, 0.25) is 0 Å². The maximum Gasteiger partial charge on any atom is 0.0401 e. The highest BCUT2D eigenvalue weighted by molar-refractivity contribution is 5.11. The fourth-order valence-electron chi connectivity index (χ4n) is 2.52. The Morgan fingerprint density at radius 1 is 1.41 bits per heavy atom. The monoisotopic (exact) mass is 237 g/mol. The first kappa shape index (κ1) is 14.3. The lowest BCUT2D eigenvalue weighted by Crippen LogP contribution is -2.57. The summed E-state index contributed by atoms with van der Waals surface area (Å²) in [6, 6.07) is 1.19. The van der Waals surface area contributed by atoms with E-state index in [1.54, 1.807) is 0 Å². The average molecular weight is 237 g/mol. The molecule has 17 heavy (non-hydrogen) atoms. The number of hydrogen-bond donors (Lipinski definition) is 0. The summed E-state index contributed by atoms with van der Waals surface area (Å²) in [4.78, 5) is 7.20. The first-order valence-corrected chi connectivity index (χ1v) is 6.42. The lowest BCUT2D eigenvalue weighted by Gasteiger charge is -2.45. The van der Waals surface area contributed by atoms with E-state index in [2.05, 4.69) is 55.8 Å². The van der Waals surface area contributed by atoms with Gasteiger partial charge in [0.15, 0.2) is 0 Å². The molecule has 1 unspecified atom stereocenters. The summed E-state index contributed by atoms with van der Waals surface area (Å²) in [5.74, 6) is 0. The Bertz CT molecular complexity index is 271. The van der Waals surface area contributed by atoms with Crippen molar-refractivity contribution in [1.29, 1.82) is 0 Å². The second-order valence-corrected chi connectivity index (χ2v) is 5.39. The van der Waals surface area contributed by atoms with E-state index >= 15 is 0 Å². The molecule has 0 radical (unpaired) electrons. The lowest BCUT2D eigenvalue weighted by atomic mass is 10.1. The van der Waals surface area contributed by atoms with Crippen molar-refractivity contribution in [3.63, 3.8) is 0 Å². The highest BCUT2D eigenvalue weighted by atomic mass is 15.3. The van der Waals surface area contributed by atoms with Gasteiger partial charge in [0.25, 0.3) is 0 Å².